The van der Waals surface area contributed by atoms with Gasteiger partial charge >= 0.3 is 0 Å². The van der Waals surface area contributed by atoms with E-state index in [0.717, 1.165) is 23.9 Å². The van der Waals surface area contributed by atoms with Gasteiger partial charge in [-0.1, -0.05) is 31.4 Å². The Morgan fingerprint density at radius 3 is 2.74 bits per heavy atom. The van der Waals surface area contributed by atoms with Gasteiger partial charge in [0.1, 0.15) is 6.17 Å². The smallest absolute Gasteiger partial charge is 0.253 e. The van der Waals surface area contributed by atoms with Gasteiger partial charge in [-0.25, -0.2) is 4.39 Å². The standard InChI is InChI=1S/C20H23ClFN3O2/c1-3-4-5-17(12(2)26)24-20(27)14-6-13-7-16(21)19(8-18(13)23-9-14)25-10-15(22)11-25/h6-9,15,17H,3-5,10-11H2,1-2H3,(H,24,27)/t17-/m0/s1. The van der Waals surface area contributed by atoms with Crippen LogP contribution in [0.3, 0.4) is 0 Å². The molecule has 1 atom stereocenters. The number of unbranched alkanes of at least 4 members (excludes halogenated alkanes) is 1. The Labute approximate surface area is 162 Å². The molecular weight excluding hydrogens is 369 g/mol. The van der Waals surface area contributed by atoms with Crippen LogP contribution in [0.2, 0.25) is 5.02 Å². The zero-order chi connectivity index (χ0) is 19.6. The van der Waals surface area contributed by atoms with Gasteiger partial charge in [-0.05, 0) is 31.5 Å². The van der Waals surface area contributed by atoms with Crippen molar-refractivity contribution in [3.63, 3.8) is 0 Å². The van der Waals surface area contributed by atoms with Crippen LogP contribution in [0.15, 0.2) is 24.4 Å². The minimum Gasteiger partial charge on any atom is -0.364 e. The Kier molecular flexibility index (Phi) is 5.95. The number of carbonyl (C=O) groups excluding carboxylic acids is 2. The van der Waals surface area contributed by atoms with E-state index in [1.54, 1.807) is 12.1 Å². The summed E-state index contributed by atoms with van der Waals surface area (Å²) in [6.45, 7) is 4.18. The monoisotopic (exact) mass is 391 g/mol. The van der Waals surface area contributed by atoms with E-state index in [4.69, 9.17) is 11.6 Å². The number of ketones is 1. The Bertz CT molecular complexity index is 868. The number of carbonyl (C=O) groups is 2. The summed E-state index contributed by atoms with van der Waals surface area (Å²) >= 11 is 6.34. The summed E-state index contributed by atoms with van der Waals surface area (Å²) < 4.78 is 13.1. The SMILES string of the molecule is CCCC[C@H](NC(=O)c1cnc2cc(N3CC(F)C3)c(Cl)cc2c1)C(C)=O. The van der Waals surface area contributed by atoms with E-state index in [-0.39, 0.29) is 11.7 Å². The number of pyridine rings is 1. The molecule has 0 spiro atoms. The molecule has 144 valence electrons. The number of fused-ring (bicyclic) bond motifs is 1. The van der Waals surface area contributed by atoms with Gasteiger partial charge in [-0.15, -0.1) is 0 Å². The quantitative estimate of drug-likeness (QED) is 0.776. The topological polar surface area (TPSA) is 62.3 Å². The van der Waals surface area contributed by atoms with Crippen LogP contribution < -0.4 is 10.2 Å². The van der Waals surface area contributed by atoms with Crippen molar-refractivity contribution in [1.29, 1.82) is 0 Å². The average molecular weight is 392 g/mol. The summed E-state index contributed by atoms with van der Waals surface area (Å²) in [5.41, 5.74) is 1.81. The molecular formula is C20H23ClFN3O2. The van der Waals surface area contributed by atoms with Crippen molar-refractivity contribution in [2.75, 3.05) is 18.0 Å². The van der Waals surface area contributed by atoms with Crippen molar-refractivity contribution in [2.45, 2.75) is 45.3 Å². The molecule has 0 radical (unpaired) electrons. The molecule has 27 heavy (non-hydrogen) atoms. The number of rotatable bonds is 7. The van der Waals surface area contributed by atoms with Crippen LogP contribution in [-0.2, 0) is 4.79 Å². The number of aromatic nitrogens is 1. The van der Waals surface area contributed by atoms with Crippen LogP contribution in [0.1, 0.15) is 43.5 Å². The van der Waals surface area contributed by atoms with Crippen LogP contribution >= 0.6 is 11.6 Å². The van der Waals surface area contributed by atoms with E-state index in [1.807, 2.05) is 17.9 Å². The maximum Gasteiger partial charge on any atom is 0.253 e. The number of nitrogens with one attached hydrogen (secondary N) is 1. The summed E-state index contributed by atoms with van der Waals surface area (Å²) in [7, 11) is 0. The molecule has 1 N–H and O–H groups in total. The van der Waals surface area contributed by atoms with Crippen molar-refractivity contribution in [2.24, 2.45) is 0 Å². The first-order valence-corrected chi connectivity index (χ1v) is 9.56. The fraction of sp³-hybridized carbons (Fsp3) is 0.450. The zero-order valence-corrected chi connectivity index (χ0v) is 16.2. The fourth-order valence-electron chi connectivity index (χ4n) is 3.15. The van der Waals surface area contributed by atoms with E-state index in [9.17, 15) is 14.0 Å². The van der Waals surface area contributed by atoms with E-state index < -0.39 is 12.2 Å². The molecule has 0 saturated carbocycles. The number of hydrogen-bond donors (Lipinski definition) is 1. The molecule has 1 aromatic carbocycles. The van der Waals surface area contributed by atoms with Gasteiger partial charge in [0.05, 0.1) is 40.9 Å². The Balaban J connectivity index is 1.80. The lowest BCUT2D eigenvalue weighted by Crippen LogP contribution is -2.48. The predicted molar refractivity (Wildman–Crippen MR) is 105 cm³/mol. The molecule has 1 aliphatic heterocycles. The Hall–Kier alpha value is -2.21. The first-order chi connectivity index (χ1) is 12.9. The number of benzene rings is 1. The van der Waals surface area contributed by atoms with Crippen molar-refractivity contribution >= 4 is 39.9 Å². The number of amides is 1. The third kappa shape index (κ3) is 4.38. The van der Waals surface area contributed by atoms with Crippen LogP contribution in [0.5, 0.6) is 0 Å². The van der Waals surface area contributed by atoms with Gasteiger partial charge in [0, 0.05) is 11.6 Å². The second kappa shape index (κ2) is 8.21. The summed E-state index contributed by atoms with van der Waals surface area (Å²) in [5, 5.41) is 4.01. The molecule has 0 aliphatic carbocycles. The second-order valence-corrected chi connectivity index (χ2v) is 7.41. The predicted octanol–water partition coefficient (Wildman–Crippen LogP) is 3.92. The van der Waals surface area contributed by atoms with Gasteiger partial charge in [0.15, 0.2) is 5.78 Å². The molecule has 7 heteroatoms. The van der Waals surface area contributed by atoms with E-state index in [1.165, 1.54) is 13.1 Å². The number of Topliss-reactive ketones (excluding diaryl/α,β-unsaturated/α-hetero) is 1. The third-order valence-corrected chi connectivity index (χ3v) is 5.13. The maximum atomic E-state index is 13.1. The molecule has 1 fully saturated rings. The molecule has 1 saturated heterocycles. The number of anilines is 1. The van der Waals surface area contributed by atoms with E-state index in [2.05, 4.69) is 10.3 Å². The number of hydrogen-bond acceptors (Lipinski definition) is 4. The molecule has 3 rings (SSSR count). The molecule has 2 aromatic rings. The highest BCUT2D eigenvalue weighted by Gasteiger charge is 2.28. The van der Waals surface area contributed by atoms with Crippen molar-refractivity contribution in [3.05, 3.63) is 35.0 Å². The fourth-order valence-corrected chi connectivity index (χ4v) is 3.44. The lowest BCUT2D eigenvalue weighted by Gasteiger charge is -2.37. The molecule has 1 aromatic heterocycles. The van der Waals surface area contributed by atoms with E-state index in [0.29, 0.717) is 35.6 Å². The molecule has 2 heterocycles. The van der Waals surface area contributed by atoms with Crippen LogP contribution in [-0.4, -0.2) is 42.0 Å². The highest BCUT2D eigenvalue weighted by molar-refractivity contribution is 6.34. The van der Waals surface area contributed by atoms with Crippen LogP contribution in [0, 0.1) is 0 Å². The summed E-state index contributed by atoms with van der Waals surface area (Å²) in [5.74, 6) is -0.386. The second-order valence-electron chi connectivity index (χ2n) is 7.00. The van der Waals surface area contributed by atoms with Gasteiger partial charge in [-0.2, -0.15) is 0 Å². The first kappa shape index (κ1) is 19.5. The average Bonchev–Trinajstić information content (AvgIpc) is 2.61. The van der Waals surface area contributed by atoms with Crippen LogP contribution in [0.25, 0.3) is 10.9 Å². The summed E-state index contributed by atoms with van der Waals surface area (Å²) in [4.78, 5) is 30.5. The Morgan fingerprint density at radius 2 is 2.11 bits per heavy atom. The number of alkyl halides is 1. The van der Waals surface area contributed by atoms with Gasteiger partial charge in [0.2, 0.25) is 0 Å². The first-order valence-electron chi connectivity index (χ1n) is 9.18. The van der Waals surface area contributed by atoms with Gasteiger partial charge in [-0.3, -0.25) is 14.6 Å². The molecule has 0 bridgehead atoms. The normalized spacial score (nSPS) is 15.5. The number of halogens is 2. The maximum absolute atomic E-state index is 13.1. The molecule has 0 unspecified atom stereocenters. The molecule has 5 nitrogen and oxygen atoms in total. The van der Waals surface area contributed by atoms with Crippen LogP contribution in [0.4, 0.5) is 10.1 Å². The third-order valence-electron chi connectivity index (χ3n) is 4.83. The minimum atomic E-state index is -0.822. The zero-order valence-electron chi connectivity index (χ0n) is 15.5. The van der Waals surface area contributed by atoms with Gasteiger partial charge in [0.25, 0.3) is 5.91 Å². The summed E-state index contributed by atoms with van der Waals surface area (Å²) in [6, 6.07) is 4.77. The Morgan fingerprint density at radius 1 is 1.37 bits per heavy atom. The number of nitrogens with zero attached hydrogens (tertiary/aromatic N) is 2. The van der Waals surface area contributed by atoms with Crippen molar-refractivity contribution < 1.29 is 14.0 Å². The minimum absolute atomic E-state index is 0.0565. The van der Waals surface area contributed by atoms with E-state index >= 15 is 0 Å². The highest BCUT2D eigenvalue weighted by Crippen LogP contribution is 2.33. The molecule has 1 aliphatic rings. The summed E-state index contributed by atoms with van der Waals surface area (Å²) in [6.07, 6.45) is 3.12. The largest absolute Gasteiger partial charge is 0.364 e. The highest BCUT2D eigenvalue weighted by atomic mass is 35.5. The van der Waals surface area contributed by atoms with Crippen molar-refractivity contribution in [1.82, 2.24) is 10.3 Å². The lowest BCUT2D eigenvalue weighted by atomic mass is 10.1. The van der Waals surface area contributed by atoms with Gasteiger partial charge < -0.3 is 10.2 Å². The molecule has 1 amide bonds. The van der Waals surface area contributed by atoms with Crippen molar-refractivity contribution in [3.8, 4) is 0 Å². The lowest BCUT2D eigenvalue weighted by molar-refractivity contribution is -0.119.